The predicted molar refractivity (Wildman–Crippen MR) is 70.7 cm³/mol. The van der Waals surface area contributed by atoms with Gasteiger partial charge in [0.1, 0.15) is 0 Å². The topological polar surface area (TPSA) is 55.5 Å². The van der Waals surface area contributed by atoms with Gasteiger partial charge in [-0.2, -0.15) is 0 Å². The van der Waals surface area contributed by atoms with Crippen LogP contribution >= 0.6 is 0 Å². The molecule has 0 heterocycles. The maximum Gasteiger partial charge on any atom is 0.196 e. The second-order valence-corrected chi connectivity index (χ2v) is 5.80. The summed E-state index contributed by atoms with van der Waals surface area (Å²) in [6.45, 7) is 8.57. The molecule has 0 aliphatic carbocycles. The van der Waals surface area contributed by atoms with Gasteiger partial charge < -0.3 is 5.21 Å². The summed E-state index contributed by atoms with van der Waals surface area (Å²) in [6, 6.07) is 8.89. The second kappa shape index (κ2) is 4.88. The van der Waals surface area contributed by atoms with Gasteiger partial charge in [-0.15, -0.1) is 0 Å². The Morgan fingerprint density at radius 1 is 1.11 bits per heavy atom. The first-order valence-electron chi connectivity index (χ1n) is 5.94. The molecule has 0 amide bonds. The molecule has 0 unspecified atom stereocenters. The van der Waals surface area contributed by atoms with Crippen molar-refractivity contribution >= 4 is 5.78 Å². The number of ketones is 1. The Morgan fingerprint density at radius 2 is 1.61 bits per heavy atom. The summed E-state index contributed by atoms with van der Waals surface area (Å²) >= 11 is 0. The molecule has 0 N–H and O–H groups in total. The Hall–Kier alpha value is -1.71. The van der Waals surface area contributed by atoms with Gasteiger partial charge in [0.15, 0.2) is 16.9 Å². The first-order chi connectivity index (χ1) is 8.14. The highest BCUT2D eigenvalue weighted by atomic mass is 16.5. The van der Waals surface area contributed by atoms with Crippen LogP contribution in [0.15, 0.2) is 35.4 Å². The minimum Gasteiger partial charge on any atom is -0.599 e. The summed E-state index contributed by atoms with van der Waals surface area (Å²) in [5.74, 6) is -0.159. The molecule has 0 saturated carbocycles. The summed E-state index contributed by atoms with van der Waals surface area (Å²) in [5.41, 5.74) is -1.14. The number of rotatable bonds is 3. The number of Topliss-reactive ketones (excluding diaryl/α,β-unsaturated/α-hetero) is 1. The molecule has 1 rings (SSSR count). The molecule has 0 saturated heterocycles. The fourth-order valence-electron chi connectivity index (χ4n) is 1.37. The van der Waals surface area contributed by atoms with Crippen molar-refractivity contribution in [3.05, 3.63) is 41.1 Å². The average Bonchev–Trinajstić information content (AvgIpc) is 2.27. The number of hydrogen-bond donors (Lipinski definition) is 0. The third kappa shape index (κ3) is 3.39. The van der Waals surface area contributed by atoms with E-state index in [2.05, 4.69) is 5.11 Å². The average molecular weight is 248 g/mol. The number of hydrogen-bond acceptors (Lipinski definition) is 3. The van der Waals surface area contributed by atoms with Crippen LogP contribution in [0.4, 0.5) is 0 Å². The summed E-state index contributed by atoms with van der Waals surface area (Å²) in [7, 11) is 0. The monoisotopic (exact) mass is 248 g/mol. The van der Waals surface area contributed by atoms with Crippen molar-refractivity contribution < 1.29 is 9.66 Å². The summed E-state index contributed by atoms with van der Waals surface area (Å²) in [6.07, 6.45) is 0. The van der Waals surface area contributed by atoms with E-state index < -0.39 is 11.1 Å². The Bertz CT molecular complexity index is 456. The van der Waals surface area contributed by atoms with Gasteiger partial charge >= 0.3 is 0 Å². The summed E-state index contributed by atoms with van der Waals surface area (Å²) < 4.78 is 0. The Labute approximate surface area is 108 Å². The van der Waals surface area contributed by atoms with Crippen LogP contribution in [0, 0.1) is 5.21 Å². The molecule has 98 valence electrons. The van der Waals surface area contributed by atoms with Crippen molar-refractivity contribution in [2.45, 2.75) is 45.7 Å². The normalized spacial score (nSPS) is 13.5. The molecule has 0 fully saturated rings. The molecule has 0 atom stereocenters. The quantitative estimate of drug-likeness (QED) is 0.356. The molecule has 0 aliphatic heterocycles. The Kier molecular flexibility index (Phi) is 3.89. The molecule has 0 spiro atoms. The number of hydroxylamine groups is 1. The lowest BCUT2D eigenvalue weighted by atomic mass is 9.94. The van der Waals surface area contributed by atoms with E-state index in [0.717, 1.165) is 0 Å². The van der Waals surface area contributed by atoms with Crippen LogP contribution in [0.3, 0.4) is 0 Å². The van der Waals surface area contributed by atoms with Crippen molar-refractivity contribution in [2.75, 3.05) is 0 Å². The van der Waals surface area contributed by atoms with Crippen LogP contribution < -0.4 is 0 Å². The van der Waals surface area contributed by atoms with Crippen LogP contribution in [0.1, 0.15) is 45.0 Å². The molecule has 0 radical (unpaired) electrons. The maximum absolute atomic E-state index is 12.3. The molecule has 0 aliphatic rings. The zero-order valence-electron chi connectivity index (χ0n) is 11.6. The third-order valence-corrected chi connectivity index (χ3v) is 2.51. The number of carbonyl (C=O) groups is 1. The number of azo groups is 1. The molecule has 18 heavy (non-hydrogen) atoms. The van der Waals surface area contributed by atoms with Crippen molar-refractivity contribution in [2.24, 2.45) is 5.11 Å². The minimum atomic E-state index is -1.06. The highest BCUT2D eigenvalue weighted by molar-refractivity contribution is 6.02. The van der Waals surface area contributed by atoms with Crippen LogP contribution in [0.5, 0.6) is 0 Å². The van der Waals surface area contributed by atoms with E-state index in [1.54, 1.807) is 58.9 Å². The van der Waals surface area contributed by atoms with Crippen LogP contribution in [-0.4, -0.2) is 21.7 Å². The molecule has 4 nitrogen and oxygen atoms in total. The molecule has 1 aromatic carbocycles. The zero-order valence-corrected chi connectivity index (χ0v) is 11.6. The molecule has 1 aromatic rings. The highest BCUT2D eigenvalue weighted by Crippen LogP contribution is 2.19. The van der Waals surface area contributed by atoms with Gasteiger partial charge in [-0.3, -0.25) is 4.79 Å². The van der Waals surface area contributed by atoms with Gasteiger partial charge in [0, 0.05) is 26.3 Å². The summed E-state index contributed by atoms with van der Waals surface area (Å²) in [5, 5.41) is 15.8. The van der Waals surface area contributed by atoms with Crippen LogP contribution in [-0.2, 0) is 0 Å². The third-order valence-electron chi connectivity index (χ3n) is 2.51. The van der Waals surface area contributed by atoms with Crippen LogP contribution in [0.2, 0.25) is 0 Å². The van der Waals surface area contributed by atoms with Gasteiger partial charge in [-0.1, -0.05) is 35.2 Å². The van der Waals surface area contributed by atoms with Crippen molar-refractivity contribution in [3.63, 3.8) is 0 Å². The van der Waals surface area contributed by atoms with E-state index in [1.165, 1.54) is 0 Å². The standard InChI is InChI=1S/C14H20N2O2/c1-13(2,3)16(18)15-14(4,5)12(17)11-9-7-6-8-10-11/h6-10H,1-5H3. The lowest BCUT2D eigenvalue weighted by Gasteiger charge is -2.21. The Morgan fingerprint density at radius 3 is 2.06 bits per heavy atom. The summed E-state index contributed by atoms with van der Waals surface area (Å²) in [4.78, 5) is 12.9. The molecule has 0 aromatic heterocycles. The molecular weight excluding hydrogens is 228 g/mol. The second-order valence-electron chi connectivity index (χ2n) is 5.80. The lowest BCUT2D eigenvalue weighted by molar-refractivity contribution is -0.603. The maximum atomic E-state index is 12.3. The van der Waals surface area contributed by atoms with E-state index >= 15 is 0 Å². The smallest absolute Gasteiger partial charge is 0.196 e. The van der Waals surface area contributed by atoms with Gasteiger partial charge in [0.05, 0.1) is 0 Å². The van der Waals surface area contributed by atoms with E-state index in [1.807, 2.05) is 6.07 Å². The number of benzene rings is 1. The Balaban J connectivity index is 3.05. The van der Waals surface area contributed by atoms with Gasteiger partial charge in [0.25, 0.3) is 0 Å². The molecule has 0 bridgehead atoms. The fraction of sp³-hybridized carbons (Fsp3) is 0.500. The SMILES string of the molecule is CC(C)(N=[N+]([O-])C(C)(C)C)C(=O)c1ccccc1. The fourth-order valence-corrected chi connectivity index (χ4v) is 1.37. The van der Waals surface area contributed by atoms with Crippen molar-refractivity contribution in [3.8, 4) is 0 Å². The minimum absolute atomic E-state index is 0.159. The number of nitrogens with zero attached hydrogens (tertiary/aromatic N) is 2. The van der Waals surface area contributed by atoms with Gasteiger partial charge in [0.2, 0.25) is 0 Å². The predicted octanol–water partition coefficient (Wildman–Crippen LogP) is 3.41. The number of carbonyl (C=O) groups excluding carboxylic acids is 1. The van der Waals surface area contributed by atoms with Crippen molar-refractivity contribution in [1.82, 2.24) is 0 Å². The first kappa shape index (κ1) is 14.4. The lowest BCUT2D eigenvalue weighted by Crippen LogP contribution is -2.36. The van der Waals surface area contributed by atoms with E-state index in [0.29, 0.717) is 10.4 Å². The van der Waals surface area contributed by atoms with Gasteiger partial charge in [-0.25, -0.2) is 0 Å². The van der Waals surface area contributed by atoms with Crippen molar-refractivity contribution in [1.29, 1.82) is 0 Å². The van der Waals surface area contributed by atoms with E-state index in [-0.39, 0.29) is 5.78 Å². The largest absolute Gasteiger partial charge is 0.599 e. The van der Waals surface area contributed by atoms with E-state index in [4.69, 9.17) is 0 Å². The highest BCUT2D eigenvalue weighted by Gasteiger charge is 2.34. The molecule has 4 heteroatoms. The molecular formula is C14H20N2O2. The van der Waals surface area contributed by atoms with Crippen LogP contribution in [0.25, 0.3) is 0 Å². The first-order valence-corrected chi connectivity index (χ1v) is 5.94. The van der Waals surface area contributed by atoms with Gasteiger partial charge in [-0.05, 0) is 19.0 Å². The zero-order chi connectivity index (χ0) is 14.0. The van der Waals surface area contributed by atoms with E-state index in [9.17, 15) is 10.0 Å².